The molecule has 0 radical (unpaired) electrons. The standard InChI is InChI=1S/C18H23BrN4O4S/c1-27-14-8-7-12(9-13(14)19)17(26)21-18(28)23-22-15(24)10-20-16(25)11-5-3-2-4-6-11/h7-9,11H,2-6,10H2,1H3,(H,20,25)(H,22,24)(H2,21,23,26,28). The molecule has 1 aromatic rings. The van der Waals surface area contributed by atoms with E-state index in [2.05, 4.69) is 37.4 Å². The molecule has 3 amide bonds. The van der Waals surface area contributed by atoms with Gasteiger partial charge in [-0.1, -0.05) is 19.3 Å². The molecule has 1 aliphatic rings. The second kappa shape index (κ2) is 11.0. The number of carbonyl (C=O) groups excluding carboxylic acids is 3. The first kappa shape index (κ1) is 22.1. The summed E-state index contributed by atoms with van der Waals surface area (Å²) in [5.74, 6) is -0.428. The summed E-state index contributed by atoms with van der Waals surface area (Å²) in [6, 6.07) is 4.82. The number of benzene rings is 1. The molecule has 1 aliphatic carbocycles. The van der Waals surface area contributed by atoms with Crippen LogP contribution in [-0.4, -0.2) is 36.5 Å². The van der Waals surface area contributed by atoms with Crippen LogP contribution >= 0.6 is 28.1 Å². The molecule has 0 aliphatic heterocycles. The zero-order valence-electron chi connectivity index (χ0n) is 15.5. The van der Waals surface area contributed by atoms with Crippen LogP contribution in [-0.2, 0) is 9.59 Å². The van der Waals surface area contributed by atoms with E-state index in [9.17, 15) is 14.4 Å². The Morgan fingerprint density at radius 2 is 1.89 bits per heavy atom. The van der Waals surface area contributed by atoms with Gasteiger partial charge < -0.3 is 10.1 Å². The van der Waals surface area contributed by atoms with E-state index >= 15 is 0 Å². The van der Waals surface area contributed by atoms with E-state index in [1.54, 1.807) is 18.2 Å². The molecule has 0 spiro atoms. The van der Waals surface area contributed by atoms with E-state index in [1.807, 2.05) is 0 Å². The monoisotopic (exact) mass is 470 g/mol. The highest BCUT2D eigenvalue weighted by Gasteiger charge is 2.21. The maximum Gasteiger partial charge on any atom is 0.257 e. The summed E-state index contributed by atoms with van der Waals surface area (Å²) in [6.45, 7) is -0.162. The number of nitrogens with one attached hydrogen (secondary N) is 4. The Morgan fingerprint density at radius 3 is 2.54 bits per heavy atom. The van der Waals surface area contributed by atoms with Crippen LogP contribution in [0.1, 0.15) is 42.5 Å². The van der Waals surface area contributed by atoms with E-state index in [0.717, 1.165) is 32.1 Å². The van der Waals surface area contributed by atoms with Crippen molar-refractivity contribution in [3.05, 3.63) is 28.2 Å². The second-order valence-corrected chi connectivity index (χ2v) is 7.62. The van der Waals surface area contributed by atoms with E-state index in [4.69, 9.17) is 17.0 Å². The van der Waals surface area contributed by atoms with Crippen LogP contribution in [0, 0.1) is 5.92 Å². The molecular formula is C18H23BrN4O4S. The van der Waals surface area contributed by atoms with Gasteiger partial charge in [0.05, 0.1) is 18.1 Å². The first-order valence-electron chi connectivity index (χ1n) is 8.92. The lowest BCUT2D eigenvalue weighted by Gasteiger charge is -2.20. The zero-order valence-corrected chi connectivity index (χ0v) is 17.9. The molecule has 0 aromatic heterocycles. The topological polar surface area (TPSA) is 109 Å². The average Bonchev–Trinajstić information content (AvgIpc) is 2.70. The fraction of sp³-hybridized carbons (Fsp3) is 0.444. The Labute approximate surface area is 177 Å². The maximum atomic E-state index is 12.2. The van der Waals surface area contributed by atoms with Crippen LogP contribution in [0.3, 0.4) is 0 Å². The number of hydrogen-bond acceptors (Lipinski definition) is 5. The van der Waals surface area contributed by atoms with Crippen molar-refractivity contribution in [1.82, 2.24) is 21.5 Å². The molecule has 2 rings (SSSR count). The molecule has 1 saturated carbocycles. The van der Waals surface area contributed by atoms with E-state index in [0.29, 0.717) is 15.8 Å². The summed E-state index contributed by atoms with van der Waals surface area (Å²) in [5.41, 5.74) is 5.14. The van der Waals surface area contributed by atoms with Crippen LogP contribution in [0.2, 0.25) is 0 Å². The Bertz CT molecular complexity index is 753. The average molecular weight is 471 g/mol. The van der Waals surface area contributed by atoms with Gasteiger partial charge in [-0.2, -0.15) is 0 Å². The van der Waals surface area contributed by atoms with Crippen molar-refractivity contribution in [2.45, 2.75) is 32.1 Å². The molecule has 152 valence electrons. The Kier molecular flexibility index (Phi) is 8.65. The number of rotatable bonds is 5. The van der Waals surface area contributed by atoms with Crippen molar-refractivity contribution in [3.8, 4) is 5.75 Å². The Hall–Kier alpha value is -2.20. The molecule has 1 aromatic carbocycles. The maximum absolute atomic E-state index is 12.2. The summed E-state index contributed by atoms with van der Waals surface area (Å²) < 4.78 is 5.74. The zero-order chi connectivity index (χ0) is 20.5. The molecule has 10 heteroatoms. The van der Waals surface area contributed by atoms with Crippen LogP contribution in [0.25, 0.3) is 0 Å². The smallest absolute Gasteiger partial charge is 0.257 e. The molecule has 0 unspecified atom stereocenters. The fourth-order valence-corrected chi connectivity index (χ4v) is 3.55. The minimum atomic E-state index is -0.465. The summed E-state index contributed by atoms with van der Waals surface area (Å²) in [5, 5.41) is 5.01. The van der Waals surface area contributed by atoms with Crippen molar-refractivity contribution in [1.29, 1.82) is 0 Å². The Morgan fingerprint density at radius 1 is 1.18 bits per heavy atom. The molecule has 0 bridgehead atoms. The third kappa shape index (κ3) is 6.75. The van der Waals surface area contributed by atoms with E-state index in [-0.39, 0.29) is 23.5 Å². The van der Waals surface area contributed by atoms with Gasteiger partial charge in [-0.25, -0.2) is 0 Å². The highest BCUT2D eigenvalue weighted by atomic mass is 79.9. The van der Waals surface area contributed by atoms with Crippen LogP contribution in [0.15, 0.2) is 22.7 Å². The third-order valence-corrected chi connectivity index (χ3v) is 5.18. The lowest BCUT2D eigenvalue weighted by Crippen LogP contribution is -2.51. The van der Waals surface area contributed by atoms with Crippen molar-refractivity contribution >= 4 is 51.0 Å². The highest BCUT2D eigenvalue weighted by molar-refractivity contribution is 9.10. The minimum Gasteiger partial charge on any atom is -0.496 e. The van der Waals surface area contributed by atoms with Gasteiger partial charge in [-0.3, -0.25) is 30.6 Å². The van der Waals surface area contributed by atoms with Gasteiger partial charge in [0.1, 0.15) is 5.75 Å². The molecule has 0 heterocycles. The normalized spacial score (nSPS) is 13.9. The minimum absolute atomic E-state index is 0.0151. The van der Waals surface area contributed by atoms with Gasteiger partial charge in [-0.05, 0) is 59.2 Å². The Balaban J connectivity index is 1.71. The summed E-state index contributed by atoms with van der Waals surface area (Å²) in [6.07, 6.45) is 4.98. The number of hydrogen-bond donors (Lipinski definition) is 4. The van der Waals surface area contributed by atoms with Gasteiger partial charge in [0.2, 0.25) is 5.91 Å². The predicted molar refractivity (Wildman–Crippen MR) is 112 cm³/mol. The van der Waals surface area contributed by atoms with Crippen molar-refractivity contribution in [2.75, 3.05) is 13.7 Å². The van der Waals surface area contributed by atoms with Gasteiger partial charge in [0.25, 0.3) is 11.8 Å². The largest absolute Gasteiger partial charge is 0.496 e. The molecule has 0 saturated heterocycles. The van der Waals surface area contributed by atoms with Crippen molar-refractivity contribution in [3.63, 3.8) is 0 Å². The third-order valence-electron chi connectivity index (χ3n) is 4.36. The predicted octanol–water partition coefficient (Wildman–Crippen LogP) is 1.79. The van der Waals surface area contributed by atoms with Gasteiger partial charge in [0, 0.05) is 11.5 Å². The first-order valence-corrected chi connectivity index (χ1v) is 10.1. The van der Waals surface area contributed by atoms with E-state index in [1.165, 1.54) is 7.11 Å². The number of methoxy groups -OCH3 is 1. The number of carbonyl (C=O) groups is 3. The molecule has 4 N–H and O–H groups in total. The van der Waals surface area contributed by atoms with E-state index < -0.39 is 11.8 Å². The number of hydrazine groups is 1. The molecule has 1 fully saturated rings. The highest BCUT2D eigenvalue weighted by Crippen LogP contribution is 2.25. The summed E-state index contributed by atoms with van der Waals surface area (Å²) >= 11 is 8.29. The number of ether oxygens (including phenoxy) is 1. The van der Waals surface area contributed by atoms with Crippen LogP contribution in [0.4, 0.5) is 0 Å². The lowest BCUT2D eigenvalue weighted by molar-refractivity contribution is -0.129. The van der Waals surface area contributed by atoms with Crippen molar-refractivity contribution in [2.24, 2.45) is 5.92 Å². The first-order chi connectivity index (χ1) is 13.4. The van der Waals surface area contributed by atoms with Crippen LogP contribution in [0.5, 0.6) is 5.75 Å². The van der Waals surface area contributed by atoms with Gasteiger partial charge in [0.15, 0.2) is 5.11 Å². The second-order valence-electron chi connectivity index (χ2n) is 6.36. The molecule has 8 nitrogen and oxygen atoms in total. The SMILES string of the molecule is COc1ccc(C(=O)NC(=S)NNC(=O)CNC(=O)C2CCCCC2)cc1Br. The van der Waals surface area contributed by atoms with Crippen molar-refractivity contribution < 1.29 is 19.1 Å². The molecule has 28 heavy (non-hydrogen) atoms. The van der Waals surface area contributed by atoms with Gasteiger partial charge in [-0.15, -0.1) is 0 Å². The number of halogens is 1. The van der Waals surface area contributed by atoms with Crippen LogP contribution < -0.4 is 26.2 Å². The number of thiocarbonyl (C=S) groups is 1. The quantitative estimate of drug-likeness (QED) is 0.385. The number of amides is 3. The molecular weight excluding hydrogens is 448 g/mol. The molecule has 0 atom stereocenters. The summed E-state index contributed by atoms with van der Waals surface area (Å²) in [7, 11) is 1.53. The summed E-state index contributed by atoms with van der Waals surface area (Å²) in [4.78, 5) is 36.0. The van der Waals surface area contributed by atoms with Gasteiger partial charge >= 0.3 is 0 Å². The fourth-order valence-electron chi connectivity index (χ4n) is 2.86. The lowest BCUT2D eigenvalue weighted by atomic mass is 9.89.